The molecule has 0 saturated carbocycles. The highest BCUT2D eigenvalue weighted by Gasteiger charge is 2.38. The number of aryl methyl sites for hydroxylation is 2. The van der Waals surface area contributed by atoms with Crippen molar-refractivity contribution >= 4 is 5.84 Å². The molecule has 3 N–H and O–H groups in total. The molecule has 1 rings (SSSR count). The van der Waals surface area contributed by atoms with Crippen molar-refractivity contribution in [3.05, 3.63) is 23.0 Å². The van der Waals surface area contributed by atoms with Gasteiger partial charge in [-0.3, -0.25) is 4.98 Å². The molecule has 0 bridgehead atoms. The Hall–Kier alpha value is -1.99. The van der Waals surface area contributed by atoms with Gasteiger partial charge in [0.25, 0.3) is 0 Å². The Labute approximate surface area is 107 Å². The number of aromatic nitrogens is 1. The van der Waals surface area contributed by atoms with Crippen molar-refractivity contribution in [2.24, 2.45) is 10.9 Å². The van der Waals surface area contributed by atoms with Crippen molar-refractivity contribution in [1.82, 2.24) is 4.98 Å². The van der Waals surface area contributed by atoms with E-state index in [2.05, 4.69) is 10.1 Å². The second-order valence-corrected chi connectivity index (χ2v) is 4.01. The van der Waals surface area contributed by atoms with Gasteiger partial charge in [-0.2, -0.15) is 13.2 Å². The first-order valence-electron chi connectivity index (χ1n) is 5.36. The van der Waals surface area contributed by atoms with Crippen LogP contribution in [0.2, 0.25) is 0 Å². The minimum atomic E-state index is -4.51. The van der Waals surface area contributed by atoms with Gasteiger partial charge in [0, 0.05) is 11.8 Å². The van der Waals surface area contributed by atoms with Gasteiger partial charge in [-0.25, -0.2) is 0 Å². The van der Waals surface area contributed by atoms with Crippen molar-refractivity contribution in [1.29, 1.82) is 0 Å². The molecule has 0 radical (unpaired) electrons. The molecular weight excluding hydrogens is 263 g/mol. The number of hydrogen-bond acceptors (Lipinski definition) is 4. The number of halogens is 3. The summed E-state index contributed by atoms with van der Waals surface area (Å²) in [5.41, 5.74) is 6.26. The SMILES string of the molecule is Cc1cc(OC(C)C(F)(F)F)c(/C(N)=N/O)c(C)n1. The maximum atomic E-state index is 12.5. The molecule has 0 spiro atoms. The summed E-state index contributed by atoms with van der Waals surface area (Å²) < 4.78 is 42.4. The summed E-state index contributed by atoms with van der Waals surface area (Å²) in [4.78, 5) is 4.04. The van der Waals surface area contributed by atoms with Gasteiger partial charge in [0.15, 0.2) is 11.9 Å². The zero-order chi connectivity index (χ0) is 14.8. The monoisotopic (exact) mass is 277 g/mol. The van der Waals surface area contributed by atoms with E-state index in [9.17, 15) is 13.2 Å². The van der Waals surface area contributed by atoms with Crippen LogP contribution >= 0.6 is 0 Å². The number of hydrogen-bond donors (Lipinski definition) is 2. The fraction of sp³-hybridized carbons (Fsp3) is 0.455. The second kappa shape index (κ2) is 5.33. The molecule has 0 amide bonds. The Balaban J connectivity index is 3.26. The van der Waals surface area contributed by atoms with Crippen molar-refractivity contribution in [2.75, 3.05) is 0 Å². The van der Waals surface area contributed by atoms with Gasteiger partial charge in [-0.15, -0.1) is 0 Å². The number of ether oxygens (including phenoxy) is 1. The first kappa shape index (κ1) is 15.1. The van der Waals surface area contributed by atoms with E-state index < -0.39 is 12.3 Å². The van der Waals surface area contributed by atoms with Gasteiger partial charge < -0.3 is 15.7 Å². The number of nitrogens with zero attached hydrogens (tertiary/aromatic N) is 2. The lowest BCUT2D eigenvalue weighted by atomic mass is 10.1. The molecular formula is C11H14F3N3O2. The quantitative estimate of drug-likeness (QED) is 0.384. The molecule has 0 saturated heterocycles. The van der Waals surface area contributed by atoms with Gasteiger partial charge >= 0.3 is 6.18 Å². The Morgan fingerprint density at radius 3 is 2.53 bits per heavy atom. The molecule has 0 aliphatic carbocycles. The molecule has 5 nitrogen and oxygen atoms in total. The van der Waals surface area contributed by atoms with Gasteiger partial charge in [0.1, 0.15) is 5.75 Å². The van der Waals surface area contributed by atoms with Gasteiger partial charge in [-0.1, -0.05) is 5.16 Å². The highest BCUT2D eigenvalue weighted by atomic mass is 19.4. The van der Waals surface area contributed by atoms with Crippen LogP contribution in [0.3, 0.4) is 0 Å². The Bertz CT molecular complexity index is 501. The van der Waals surface area contributed by atoms with Crippen molar-refractivity contribution in [3.63, 3.8) is 0 Å². The van der Waals surface area contributed by atoms with E-state index in [0.717, 1.165) is 6.92 Å². The van der Waals surface area contributed by atoms with Crippen LogP contribution in [0.25, 0.3) is 0 Å². The second-order valence-electron chi connectivity index (χ2n) is 4.01. The third kappa shape index (κ3) is 3.49. The molecule has 8 heteroatoms. The molecule has 1 aromatic heterocycles. The summed E-state index contributed by atoms with van der Waals surface area (Å²) in [5.74, 6) is -0.473. The summed E-state index contributed by atoms with van der Waals surface area (Å²) >= 11 is 0. The maximum absolute atomic E-state index is 12.5. The molecule has 1 heterocycles. The van der Waals surface area contributed by atoms with Crippen LogP contribution in [0.4, 0.5) is 13.2 Å². The van der Waals surface area contributed by atoms with Crippen molar-refractivity contribution in [3.8, 4) is 5.75 Å². The van der Waals surface area contributed by atoms with Crippen LogP contribution < -0.4 is 10.5 Å². The van der Waals surface area contributed by atoms with E-state index in [4.69, 9.17) is 15.7 Å². The lowest BCUT2D eigenvalue weighted by molar-refractivity contribution is -0.189. The Morgan fingerprint density at radius 1 is 1.47 bits per heavy atom. The van der Waals surface area contributed by atoms with E-state index in [1.165, 1.54) is 13.0 Å². The number of nitrogens with two attached hydrogens (primary N) is 1. The van der Waals surface area contributed by atoms with Crippen molar-refractivity contribution < 1.29 is 23.1 Å². The predicted octanol–water partition coefficient (Wildman–Crippen LogP) is 2.12. The van der Waals surface area contributed by atoms with Crippen LogP contribution in [0.5, 0.6) is 5.75 Å². The third-order valence-corrected chi connectivity index (χ3v) is 2.42. The lowest BCUT2D eigenvalue weighted by Crippen LogP contribution is -2.32. The smallest absolute Gasteiger partial charge is 0.425 e. The van der Waals surface area contributed by atoms with Crippen LogP contribution in [0.15, 0.2) is 11.2 Å². The summed E-state index contributed by atoms with van der Waals surface area (Å²) in [7, 11) is 0. The molecule has 1 aromatic rings. The van der Waals surface area contributed by atoms with Crippen LogP contribution in [0, 0.1) is 13.8 Å². The van der Waals surface area contributed by atoms with E-state index in [0.29, 0.717) is 11.4 Å². The lowest BCUT2D eigenvalue weighted by Gasteiger charge is -2.20. The summed E-state index contributed by atoms with van der Waals surface area (Å²) in [6.45, 7) is 4.01. The number of oxime groups is 1. The number of pyridine rings is 1. The Morgan fingerprint density at radius 2 is 2.05 bits per heavy atom. The average Bonchev–Trinajstić information content (AvgIpc) is 2.26. The molecule has 0 fully saturated rings. The largest absolute Gasteiger partial charge is 0.480 e. The summed E-state index contributed by atoms with van der Waals surface area (Å²) in [6, 6.07) is 1.31. The van der Waals surface area contributed by atoms with Gasteiger partial charge in [0.2, 0.25) is 0 Å². The molecule has 0 aromatic carbocycles. The fourth-order valence-electron chi connectivity index (χ4n) is 1.50. The topological polar surface area (TPSA) is 80.7 Å². The maximum Gasteiger partial charge on any atom is 0.425 e. The summed E-state index contributed by atoms with van der Waals surface area (Å²) in [6.07, 6.45) is -6.52. The molecule has 1 atom stereocenters. The Kier molecular flexibility index (Phi) is 4.23. The first-order valence-corrected chi connectivity index (χ1v) is 5.36. The van der Waals surface area contributed by atoms with E-state index in [1.807, 2.05) is 0 Å². The predicted molar refractivity (Wildman–Crippen MR) is 62.4 cm³/mol. The van der Waals surface area contributed by atoms with E-state index >= 15 is 0 Å². The molecule has 0 aliphatic rings. The van der Waals surface area contributed by atoms with Crippen molar-refractivity contribution in [2.45, 2.75) is 33.1 Å². The van der Waals surface area contributed by atoms with Crippen LogP contribution in [-0.2, 0) is 0 Å². The zero-order valence-electron chi connectivity index (χ0n) is 10.6. The van der Waals surface area contributed by atoms with Crippen LogP contribution in [-0.4, -0.2) is 28.3 Å². The van der Waals surface area contributed by atoms with E-state index in [1.54, 1.807) is 6.92 Å². The molecule has 106 valence electrons. The minimum absolute atomic E-state index is 0.0456. The highest BCUT2D eigenvalue weighted by molar-refractivity contribution is 6.00. The standard InChI is InChI=1S/C11H14F3N3O2/c1-5-4-8(19-7(3)11(12,13)14)9(6(2)16-5)10(15)17-18/h4,7,18H,1-3H3,(H2,15,17). The zero-order valence-corrected chi connectivity index (χ0v) is 10.6. The molecule has 19 heavy (non-hydrogen) atoms. The minimum Gasteiger partial charge on any atom is -0.480 e. The summed E-state index contributed by atoms with van der Waals surface area (Å²) in [5, 5.41) is 11.4. The molecule has 1 unspecified atom stereocenters. The highest BCUT2D eigenvalue weighted by Crippen LogP contribution is 2.28. The number of alkyl halides is 3. The first-order chi connectivity index (χ1) is 8.66. The van der Waals surface area contributed by atoms with Crippen LogP contribution in [0.1, 0.15) is 23.9 Å². The van der Waals surface area contributed by atoms with Gasteiger partial charge in [0.05, 0.1) is 11.3 Å². The van der Waals surface area contributed by atoms with Gasteiger partial charge in [-0.05, 0) is 20.8 Å². The normalized spacial score (nSPS) is 14.3. The third-order valence-electron chi connectivity index (χ3n) is 2.42. The fourth-order valence-corrected chi connectivity index (χ4v) is 1.50. The van der Waals surface area contributed by atoms with E-state index in [-0.39, 0.29) is 17.1 Å². The molecule has 0 aliphatic heterocycles. The average molecular weight is 277 g/mol. The number of amidine groups is 1. The number of rotatable bonds is 3.